The predicted molar refractivity (Wildman–Crippen MR) is 81.8 cm³/mol. The Morgan fingerprint density at radius 2 is 1.95 bits per heavy atom. The molecule has 2 N–H and O–H groups in total. The number of benzene rings is 2. The van der Waals surface area contributed by atoms with E-state index in [-0.39, 0.29) is 0 Å². The molecule has 0 amide bonds. The summed E-state index contributed by atoms with van der Waals surface area (Å²) >= 11 is 0. The first-order valence-electron chi connectivity index (χ1n) is 6.98. The molecule has 0 unspecified atom stereocenters. The SMILES string of the molecule is Cc1ccc(NCc2cccc3c2NCCC3)cc1. The van der Waals surface area contributed by atoms with Gasteiger partial charge in [-0.3, -0.25) is 0 Å². The topological polar surface area (TPSA) is 24.1 Å². The van der Waals surface area contributed by atoms with Gasteiger partial charge in [-0.05, 0) is 43.0 Å². The van der Waals surface area contributed by atoms with Crippen LogP contribution >= 0.6 is 0 Å². The molecule has 2 nitrogen and oxygen atoms in total. The molecule has 1 heterocycles. The maximum Gasteiger partial charge on any atom is 0.0423 e. The molecule has 2 aromatic carbocycles. The first-order chi connectivity index (χ1) is 9.33. The van der Waals surface area contributed by atoms with Crippen molar-refractivity contribution in [3.63, 3.8) is 0 Å². The highest BCUT2D eigenvalue weighted by Crippen LogP contribution is 2.26. The van der Waals surface area contributed by atoms with Gasteiger partial charge < -0.3 is 10.6 Å². The lowest BCUT2D eigenvalue weighted by Gasteiger charge is -2.21. The Kier molecular flexibility index (Phi) is 3.41. The van der Waals surface area contributed by atoms with Crippen LogP contribution in [0.4, 0.5) is 11.4 Å². The molecule has 0 spiro atoms. The fourth-order valence-corrected chi connectivity index (χ4v) is 2.60. The Balaban J connectivity index is 1.75. The van der Waals surface area contributed by atoms with Crippen molar-refractivity contribution in [1.29, 1.82) is 0 Å². The largest absolute Gasteiger partial charge is 0.385 e. The van der Waals surface area contributed by atoms with Gasteiger partial charge in [0.15, 0.2) is 0 Å². The highest BCUT2D eigenvalue weighted by molar-refractivity contribution is 5.60. The van der Waals surface area contributed by atoms with Crippen molar-refractivity contribution in [3.8, 4) is 0 Å². The summed E-state index contributed by atoms with van der Waals surface area (Å²) in [6.07, 6.45) is 2.43. The third-order valence-electron chi connectivity index (χ3n) is 3.70. The summed E-state index contributed by atoms with van der Waals surface area (Å²) in [5.41, 5.74) is 6.63. The van der Waals surface area contributed by atoms with Crippen molar-refractivity contribution in [3.05, 3.63) is 59.2 Å². The van der Waals surface area contributed by atoms with Crippen LogP contribution in [-0.2, 0) is 13.0 Å². The number of fused-ring (bicyclic) bond motifs is 1. The molecule has 0 saturated heterocycles. The zero-order valence-corrected chi connectivity index (χ0v) is 11.4. The molecule has 0 atom stereocenters. The van der Waals surface area contributed by atoms with E-state index in [1.165, 1.54) is 40.9 Å². The molecule has 0 aromatic heterocycles. The highest BCUT2D eigenvalue weighted by Gasteiger charge is 2.11. The Morgan fingerprint density at radius 3 is 2.79 bits per heavy atom. The van der Waals surface area contributed by atoms with E-state index in [4.69, 9.17) is 0 Å². The lowest BCUT2D eigenvalue weighted by Crippen LogP contribution is -2.14. The second kappa shape index (κ2) is 5.35. The van der Waals surface area contributed by atoms with E-state index in [1.807, 2.05) is 0 Å². The molecule has 1 aliphatic rings. The zero-order chi connectivity index (χ0) is 13.1. The summed E-state index contributed by atoms with van der Waals surface area (Å²) < 4.78 is 0. The minimum atomic E-state index is 0.874. The molecular formula is C17H20N2. The number of rotatable bonds is 3. The Labute approximate surface area is 114 Å². The standard InChI is InChI=1S/C17H20N2/c1-13-7-9-16(10-8-13)19-12-15-5-2-4-14-6-3-11-18-17(14)15/h2,4-5,7-10,18-19H,3,6,11-12H2,1H3. The second-order valence-electron chi connectivity index (χ2n) is 5.20. The molecular weight excluding hydrogens is 232 g/mol. The molecule has 3 rings (SSSR count). The van der Waals surface area contributed by atoms with E-state index in [0.717, 1.165) is 13.1 Å². The van der Waals surface area contributed by atoms with Gasteiger partial charge in [-0.15, -0.1) is 0 Å². The van der Waals surface area contributed by atoms with Crippen LogP contribution in [0, 0.1) is 6.92 Å². The summed E-state index contributed by atoms with van der Waals surface area (Å²) in [5.74, 6) is 0. The molecule has 2 aromatic rings. The Bertz CT molecular complexity index is 558. The summed E-state index contributed by atoms with van der Waals surface area (Å²) in [6.45, 7) is 4.08. The predicted octanol–water partition coefficient (Wildman–Crippen LogP) is 3.97. The fourth-order valence-electron chi connectivity index (χ4n) is 2.60. The van der Waals surface area contributed by atoms with Crippen molar-refractivity contribution in [2.45, 2.75) is 26.3 Å². The fraction of sp³-hybridized carbons (Fsp3) is 0.294. The smallest absolute Gasteiger partial charge is 0.0423 e. The maximum atomic E-state index is 3.54. The Hall–Kier alpha value is -1.96. The third-order valence-corrected chi connectivity index (χ3v) is 3.70. The van der Waals surface area contributed by atoms with Gasteiger partial charge in [0.1, 0.15) is 0 Å². The van der Waals surface area contributed by atoms with Crippen LogP contribution in [-0.4, -0.2) is 6.54 Å². The number of hydrogen-bond acceptors (Lipinski definition) is 2. The second-order valence-corrected chi connectivity index (χ2v) is 5.20. The first kappa shape index (κ1) is 12.1. The molecule has 0 radical (unpaired) electrons. The van der Waals surface area contributed by atoms with E-state index in [0.29, 0.717) is 0 Å². The van der Waals surface area contributed by atoms with Crippen molar-refractivity contribution in [2.24, 2.45) is 0 Å². The van der Waals surface area contributed by atoms with Crippen molar-refractivity contribution < 1.29 is 0 Å². The molecule has 1 aliphatic heterocycles. The van der Waals surface area contributed by atoms with Crippen molar-refractivity contribution >= 4 is 11.4 Å². The van der Waals surface area contributed by atoms with E-state index < -0.39 is 0 Å². The molecule has 19 heavy (non-hydrogen) atoms. The lowest BCUT2D eigenvalue weighted by atomic mass is 9.99. The maximum absolute atomic E-state index is 3.54. The van der Waals surface area contributed by atoms with Gasteiger partial charge in [0.25, 0.3) is 0 Å². The van der Waals surface area contributed by atoms with E-state index in [9.17, 15) is 0 Å². The van der Waals surface area contributed by atoms with Crippen LogP contribution in [0.15, 0.2) is 42.5 Å². The molecule has 2 heteroatoms. The summed E-state index contributed by atoms with van der Waals surface area (Å²) in [6, 6.07) is 15.2. The normalized spacial score (nSPS) is 13.5. The number of hydrogen-bond donors (Lipinski definition) is 2. The van der Waals surface area contributed by atoms with Gasteiger partial charge in [-0.1, -0.05) is 35.9 Å². The van der Waals surface area contributed by atoms with Gasteiger partial charge in [-0.2, -0.15) is 0 Å². The average molecular weight is 252 g/mol. The summed E-state index contributed by atoms with van der Waals surface area (Å²) in [5, 5.41) is 7.03. The van der Waals surface area contributed by atoms with Gasteiger partial charge >= 0.3 is 0 Å². The minimum Gasteiger partial charge on any atom is -0.385 e. The van der Waals surface area contributed by atoms with Gasteiger partial charge in [0.05, 0.1) is 0 Å². The number of anilines is 2. The summed E-state index contributed by atoms with van der Waals surface area (Å²) in [7, 11) is 0. The molecule has 98 valence electrons. The van der Waals surface area contributed by atoms with Crippen molar-refractivity contribution in [1.82, 2.24) is 0 Å². The summed E-state index contributed by atoms with van der Waals surface area (Å²) in [4.78, 5) is 0. The van der Waals surface area contributed by atoms with Crippen LogP contribution in [0.5, 0.6) is 0 Å². The molecule has 0 aliphatic carbocycles. The van der Waals surface area contributed by atoms with Crippen LogP contribution < -0.4 is 10.6 Å². The monoisotopic (exact) mass is 252 g/mol. The number of nitrogens with one attached hydrogen (secondary N) is 2. The quantitative estimate of drug-likeness (QED) is 0.864. The van der Waals surface area contributed by atoms with Gasteiger partial charge in [0, 0.05) is 24.5 Å². The van der Waals surface area contributed by atoms with Crippen LogP contribution in [0.1, 0.15) is 23.1 Å². The number of aryl methyl sites for hydroxylation is 2. The van der Waals surface area contributed by atoms with E-state index in [2.05, 4.69) is 60.0 Å². The van der Waals surface area contributed by atoms with Crippen LogP contribution in [0.3, 0.4) is 0 Å². The molecule has 0 fully saturated rings. The zero-order valence-electron chi connectivity index (χ0n) is 11.4. The average Bonchev–Trinajstić information content (AvgIpc) is 2.47. The van der Waals surface area contributed by atoms with Crippen LogP contribution in [0.2, 0.25) is 0 Å². The first-order valence-corrected chi connectivity index (χ1v) is 6.98. The number of para-hydroxylation sites is 1. The highest BCUT2D eigenvalue weighted by atomic mass is 14.9. The minimum absolute atomic E-state index is 0.874. The molecule has 0 saturated carbocycles. The Morgan fingerprint density at radius 1 is 1.11 bits per heavy atom. The molecule has 0 bridgehead atoms. The van der Waals surface area contributed by atoms with Crippen LogP contribution in [0.25, 0.3) is 0 Å². The van der Waals surface area contributed by atoms with Gasteiger partial charge in [-0.25, -0.2) is 0 Å². The lowest BCUT2D eigenvalue weighted by molar-refractivity contribution is 0.825. The van der Waals surface area contributed by atoms with E-state index in [1.54, 1.807) is 0 Å². The van der Waals surface area contributed by atoms with Crippen molar-refractivity contribution in [2.75, 3.05) is 17.2 Å². The van der Waals surface area contributed by atoms with E-state index >= 15 is 0 Å². The van der Waals surface area contributed by atoms with Gasteiger partial charge in [0.2, 0.25) is 0 Å². The third kappa shape index (κ3) is 2.73.